The van der Waals surface area contributed by atoms with Gasteiger partial charge in [-0.2, -0.15) is 5.10 Å². The molecule has 1 amide bonds. The van der Waals surface area contributed by atoms with Crippen molar-refractivity contribution < 1.29 is 4.79 Å². The fraction of sp³-hybridized carbons (Fsp3) is 0.150. The van der Waals surface area contributed by atoms with Gasteiger partial charge in [0.25, 0.3) is 11.5 Å². The van der Waals surface area contributed by atoms with Crippen LogP contribution in [0.4, 0.5) is 0 Å². The number of nitrogens with zero attached hydrogens (tertiary/aromatic N) is 5. The Balaban J connectivity index is 1.46. The van der Waals surface area contributed by atoms with E-state index in [1.165, 1.54) is 18.7 Å². The fourth-order valence-corrected chi connectivity index (χ4v) is 3.18. The van der Waals surface area contributed by atoms with E-state index in [1.807, 2.05) is 30.3 Å². The van der Waals surface area contributed by atoms with E-state index in [0.717, 1.165) is 5.56 Å². The van der Waals surface area contributed by atoms with Gasteiger partial charge in [-0.25, -0.2) is 14.6 Å². The molecule has 1 aromatic carbocycles. The summed E-state index contributed by atoms with van der Waals surface area (Å²) in [7, 11) is 0. The van der Waals surface area contributed by atoms with Crippen molar-refractivity contribution >= 4 is 28.5 Å². The Bertz CT molecular complexity index is 1220. The standard InChI is InChI=1S/C20H17ClN6O2/c21-17-15(7-4-8-22-17)19(28)23-9-10-27-18-16(11-25-27)20(29)26(13-24-18)12-14-5-2-1-3-6-14/h1-8,11,13H,9-10,12H2,(H,23,28). The van der Waals surface area contributed by atoms with Gasteiger partial charge < -0.3 is 5.32 Å². The van der Waals surface area contributed by atoms with Gasteiger partial charge >= 0.3 is 0 Å². The number of benzene rings is 1. The normalized spacial score (nSPS) is 10.9. The minimum Gasteiger partial charge on any atom is -0.350 e. The topological polar surface area (TPSA) is 94.7 Å². The van der Waals surface area contributed by atoms with Crippen LogP contribution in [0, 0.1) is 0 Å². The third-order valence-corrected chi connectivity index (χ3v) is 4.73. The molecule has 0 unspecified atom stereocenters. The monoisotopic (exact) mass is 408 g/mol. The van der Waals surface area contributed by atoms with Crippen LogP contribution >= 0.6 is 11.6 Å². The molecule has 0 radical (unpaired) electrons. The molecule has 0 atom stereocenters. The highest BCUT2D eigenvalue weighted by molar-refractivity contribution is 6.32. The summed E-state index contributed by atoms with van der Waals surface area (Å²) < 4.78 is 3.14. The average Bonchev–Trinajstić information content (AvgIpc) is 3.15. The molecule has 0 aliphatic rings. The molecule has 0 saturated heterocycles. The molecule has 3 aromatic heterocycles. The number of amides is 1. The summed E-state index contributed by atoms with van der Waals surface area (Å²) in [6.07, 6.45) is 4.54. The number of halogens is 1. The van der Waals surface area contributed by atoms with Crippen LogP contribution in [0.3, 0.4) is 0 Å². The minimum atomic E-state index is -0.322. The highest BCUT2D eigenvalue weighted by Gasteiger charge is 2.12. The number of pyridine rings is 1. The first-order chi connectivity index (χ1) is 14.1. The number of carbonyl (C=O) groups excluding carboxylic acids is 1. The van der Waals surface area contributed by atoms with E-state index < -0.39 is 0 Å². The van der Waals surface area contributed by atoms with Gasteiger partial charge in [0.15, 0.2) is 5.65 Å². The lowest BCUT2D eigenvalue weighted by atomic mass is 10.2. The second-order valence-electron chi connectivity index (χ2n) is 6.37. The van der Waals surface area contributed by atoms with Crippen molar-refractivity contribution in [2.45, 2.75) is 13.1 Å². The maximum Gasteiger partial charge on any atom is 0.264 e. The van der Waals surface area contributed by atoms with Crippen LogP contribution in [-0.2, 0) is 13.1 Å². The molecule has 1 N–H and O–H groups in total. The predicted molar refractivity (Wildman–Crippen MR) is 109 cm³/mol. The van der Waals surface area contributed by atoms with Crippen LogP contribution in [0.2, 0.25) is 5.15 Å². The van der Waals surface area contributed by atoms with Crippen molar-refractivity contribution in [2.24, 2.45) is 0 Å². The largest absolute Gasteiger partial charge is 0.350 e. The second-order valence-corrected chi connectivity index (χ2v) is 6.72. The first-order valence-electron chi connectivity index (χ1n) is 8.97. The van der Waals surface area contributed by atoms with Gasteiger partial charge in [-0.15, -0.1) is 0 Å². The molecule has 4 aromatic rings. The molecule has 0 saturated carbocycles. The zero-order chi connectivity index (χ0) is 20.2. The number of fused-ring (bicyclic) bond motifs is 1. The molecule has 146 valence electrons. The summed E-state index contributed by atoms with van der Waals surface area (Å²) in [5.74, 6) is -0.322. The number of nitrogens with one attached hydrogen (secondary N) is 1. The van der Waals surface area contributed by atoms with Gasteiger partial charge in [0.2, 0.25) is 0 Å². The van der Waals surface area contributed by atoms with Gasteiger partial charge in [-0.1, -0.05) is 41.9 Å². The van der Waals surface area contributed by atoms with Crippen LogP contribution < -0.4 is 10.9 Å². The Hall–Kier alpha value is -3.52. The smallest absolute Gasteiger partial charge is 0.264 e. The molecule has 0 bridgehead atoms. The summed E-state index contributed by atoms with van der Waals surface area (Å²) in [5, 5.41) is 7.59. The van der Waals surface area contributed by atoms with Crippen LogP contribution in [0.25, 0.3) is 11.0 Å². The van der Waals surface area contributed by atoms with Gasteiger partial charge in [-0.05, 0) is 17.7 Å². The van der Waals surface area contributed by atoms with E-state index in [0.29, 0.717) is 36.2 Å². The number of rotatable bonds is 6. The molecule has 29 heavy (non-hydrogen) atoms. The Morgan fingerprint density at radius 2 is 1.93 bits per heavy atom. The Morgan fingerprint density at radius 1 is 1.10 bits per heavy atom. The lowest BCUT2D eigenvalue weighted by Crippen LogP contribution is -2.28. The molecule has 0 aliphatic carbocycles. The van der Waals surface area contributed by atoms with E-state index in [9.17, 15) is 9.59 Å². The van der Waals surface area contributed by atoms with Crippen molar-refractivity contribution in [1.82, 2.24) is 29.6 Å². The van der Waals surface area contributed by atoms with E-state index in [4.69, 9.17) is 11.6 Å². The van der Waals surface area contributed by atoms with Crippen molar-refractivity contribution in [3.05, 3.63) is 87.8 Å². The number of aromatic nitrogens is 5. The molecular formula is C20H17ClN6O2. The van der Waals surface area contributed by atoms with Crippen molar-refractivity contribution in [3.63, 3.8) is 0 Å². The van der Waals surface area contributed by atoms with Crippen molar-refractivity contribution in [3.8, 4) is 0 Å². The van der Waals surface area contributed by atoms with Gasteiger partial charge in [-0.3, -0.25) is 14.2 Å². The molecule has 9 heteroatoms. The molecule has 4 rings (SSSR count). The van der Waals surface area contributed by atoms with E-state index in [2.05, 4.69) is 20.4 Å². The van der Waals surface area contributed by atoms with E-state index in [1.54, 1.807) is 21.4 Å². The van der Waals surface area contributed by atoms with Crippen molar-refractivity contribution in [1.29, 1.82) is 0 Å². The minimum absolute atomic E-state index is 0.148. The second kappa shape index (κ2) is 8.24. The third kappa shape index (κ3) is 4.02. The highest BCUT2D eigenvalue weighted by atomic mass is 35.5. The third-order valence-electron chi connectivity index (χ3n) is 4.43. The van der Waals surface area contributed by atoms with Crippen LogP contribution in [0.1, 0.15) is 15.9 Å². The summed E-state index contributed by atoms with van der Waals surface area (Å²) in [6.45, 7) is 1.10. The van der Waals surface area contributed by atoms with E-state index in [-0.39, 0.29) is 16.6 Å². The lowest BCUT2D eigenvalue weighted by Gasteiger charge is -2.08. The maximum atomic E-state index is 12.7. The lowest BCUT2D eigenvalue weighted by molar-refractivity contribution is 0.0952. The molecule has 0 fully saturated rings. The predicted octanol–water partition coefficient (Wildman–Crippen LogP) is 2.12. The first-order valence-corrected chi connectivity index (χ1v) is 9.35. The zero-order valence-electron chi connectivity index (χ0n) is 15.3. The van der Waals surface area contributed by atoms with Crippen molar-refractivity contribution in [2.75, 3.05) is 6.54 Å². The number of hydrogen-bond acceptors (Lipinski definition) is 5. The Labute approximate surface area is 170 Å². The molecule has 0 spiro atoms. The fourth-order valence-electron chi connectivity index (χ4n) is 2.98. The first kappa shape index (κ1) is 18.8. The van der Waals surface area contributed by atoms with Crippen LogP contribution in [-0.4, -0.2) is 36.8 Å². The highest BCUT2D eigenvalue weighted by Crippen LogP contribution is 2.11. The quantitative estimate of drug-likeness (QED) is 0.493. The van der Waals surface area contributed by atoms with Gasteiger partial charge in [0, 0.05) is 12.7 Å². The zero-order valence-corrected chi connectivity index (χ0v) is 16.1. The summed E-state index contributed by atoms with van der Waals surface area (Å²) >= 11 is 5.93. The van der Waals surface area contributed by atoms with Gasteiger partial charge in [0.1, 0.15) is 16.9 Å². The van der Waals surface area contributed by atoms with Crippen LogP contribution in [0.5, 0.6) is 0 Å². The maximum absolute atomic E-state index is 12.7. The van der Waals surface area contributed by atoms with Gasteiger partial charge in [0.05, 0.1) is 24.8 Å². The summed E-state index contributed by atoms with van der Waals surface area (Å²) in [6, 6.07) is 12.9. The SMILES string of the molecule is O=C(NCCn1ncc2c(=O)n(Cc3ccccc3)cnc21)c1cccnc1Cl. The number of hydrogen-bond donors (Lipinski definition) is 1. The number of carbonyl (C=O) groups is 1. The summed E-state index contributed by atoms with van der Waals surface area (Å²) in [4.78, 5) is 33.2. The van der Waals surface area contributed by atoms with Crippen LogP contribution in [0.15, 0.2) is 66.0 Å². The average molecular weight is 409 g/mol. The van der Waals surface area contributed by atoms with E-state index >= 15 is 0 Å². The Morgan fingerprint density at radius 3 is 2.72 bits per heavy atom. The summed E-state index contributed by atoms with van der Waals surface area (Å²) in [5.41, 5.74) is 1.64. The molecule has 0 aliphatic heterocycles. The molecular weight excluding hydrogens is 392 g/mol. The molecule has 3 heterocycles. The Kier molecular flexibility index (Phi) is 5.35. The molecule has 8 nitrogen and oxygen atoms in total.